The van der Waals surface area contributed by atoms with Crippen molar-refractivity contribution >= 4 is 30.2 Å². The SMILES string of the molecule is Brc1ccc(N2CCN(C3CPC3)CC2)cc1. The van der Waals surface area contributed by atoms with E-state index >= 15 is 0 Å². The topological polar surface area (TPSA) is 6.48 Å². The molecule has 1 aromatic carbocycles. The second-order valence-corrected chi connectivity index (χ2v) is 7.04. The number of anilines is 1. The molecular formula is C13H18BrN2P. The third-order valence-electron chi connectivity index (χ3n) is 3.78. The van der Waals surface area contributed by atoms with E-state index in [4.69, 9.17) is 0 Å². The zero-order chi connectivity index (χ0) is 11.7. The normalized spacial score (nSPS) is 27.1. The Bertz CT molecular complexity index is 370. The molecule has 0 spiro atoms. The molecule has 2 aliphatic rings. The van der Waals surface area contributed by atoms with Gasteiger partial charge in [0, 0.05) is 42.4 Å². The van der Waals surface area contributed by atoms with Gasteiger partial charge < -0.3 is 4.90 Å². The van der Waals surface area contributed by atoms with Gasteiger partial charge in [0.1, 0.15) is 0 Å². The van der Waals surface area contributed by atoms with Gasteiger partial charge in [-0.3, -0.25) is 4.90 Å². The van der Waals surface area contributed by atoms with E-state index in [1.807, 2.05) is 0 Å². The van der Waals surface area contributed by atoms with Crippen LogP contribution in [0, 0.1) is 0 Å². The van der Waals surface area contributed by atoms with Crippen molar-refractivity contribution in [2.24, 2.45) is 0 Å². The second-order valence-electron chi connectivity index (χ2n) is 4.81. The van der Waals surface area contributed by atoms with E-state index in [1.165, 1.54) is 52.8 Å². The van der Waals surface area contributed by atoms with Gasteiger partial charge in [-0.15, -0.1) is 8.58 Å². The van der Waals surface area contributed by atoms with Gasteiger partial charge in [0.25, 0.3) is 0 Å². The summed E-state index contributed by atoms with van der Waals surface area (Å²) in [5, 5.41) is 0. The fraction of sp³-hybridized carbons (Fsp3) is 0.538. The van der Waals surface area contributed by atoms with Crippen molar-refractivity contribution in [2.75, 3.05) is 43.4 Å². The van der Waals surface area contributed by atoms with E-state index < -0.39 is 0 Å². The summed E-state index contributed by atoms with van der Waals surface area (Å²) in [6.07, 6.45) is 2.91. The maximum absolute atomic E-state index is 3.49. The Hall–Kier alpha value is -0.110. The molecule has 1 aromatic rings. The highest BCUT2D eigenvalue weighted by molar-refractivity contribution is 9.10. The second kappa shape index (κ2) is 5.26. The minimum absolute atomic E-state index is 0.917. The van der Waals surface area contributed by atoms with Crippen LogP contribution in [-0.4, -0.2) is 49.4 Å². The fourth-order valence-electron chi connectivity index (χ4n) is 2.53. The van der Waals surface area contributed by atoms with Gasteiger partial charge >= 0.3 is 0 Å². The molecule has 4 heteroatoms. The van der Waals surface area contributed by atoms with Crippen LogP contribution in [-0.2, 0) is 0 Å². The maximum atomic E-state index is 3.49. The number of rotatable bonds is 2. The lowest BCUT2D eigenvalue weighted by atomic mass is 10.2. The summed E-state index contributed by atoms with van der Waals surface area (Å²) in [5.74, 6) is 0. The summed E-state index contributed by atoms with van der Waals surface area (Å²) in [6, 6.07) is 9.61. The summed E-state index contributed by atoms with van der Waals surface area (Å²) in [6.45, 7) is 4.85. The lowest BCUT2D eigenvalue weighted by Crippen LogP contribution is -2.53. The number of hydrogen-bond acceptors (Lipinski definition) is 2. The molecule has 3 rings (SSSR count). The standard InChI is InChI=1S/C13H18BrN2P/c14-11-1-3-12(4-2-11)15-5-7-16(8-6-15)13-9-17-10-13/h1-4,13,17H,5-10H2. The van der Waals surface area contributed by atoms with Crippen molar-refractivity contribution in [1.82, 2.24) is 4.90 Å². The van der Waals surface area contributed by atoms with Crippen LogP contribution in [0.15, 0.2) is 28.7 Å². The number of benzene rings is 1. The molecule has 92 valence electrons. The van der Waals surface area contributed by atoms with Gasteiger partial charge in [-0.05, 0) is 36.6 Å². The van der Waals surface area contributed by atoms with Gasteiger partial charge in [0.05, 0.1) is 0 Å². The van der Waals surface area contributed by atoms with E-state index in [0.717, 1.165) is 10.5 Å². The van der Waals surface area contributed by atoms with Gasteiger partial charge in [-0.2, -0.15) is 0 Å². The van der Waals surface area contributed by atoms with E-state index in [9.17, 15) is 0 Å². The zero-order valence-corrected chi connectivity index (χ0v) is 12.5. The zero-order valence-electron chi connectivity index (χ0n) is 9.90. The minimum atomic E-state index is 0.917. The van der Waals surface area contributed by atoms with Crippen LogP contribution in [0.3, 0.4) is 0 Å². The Morgan fingerprint density at radius 1 is 1.00 bits per heavy atom. The van der Waals surface area contributed by atoms with Crippen LogP contribution in [0.2, 0.25) is 0 Å². The van der Waals surface area contributed by atoms with Crippen LogP contribution < -0.4 is 4.90 Å². The molecule has 0 unspecified atom stereocenters. The lowest BCUT2D eigenvalue weighted by molar-refractivity contribution is 0.206. The molecule has 0 amide bonds. The van der Waals surface area contributed by atoms with Crippen molar-refractivity contribution in [3.63, 3.8) is 0 Å². The van der Waals surface area contributed by atoms with Crippen molar-refractivity contribution < 1.29 is 0 Å². The number of halogens is 1. The first-order chi connectivity index (χ1) is 8.33. The molecule has 0 N–H and O–H groups in total. The molecule has 2 heterocycles. The highest BCUT2D eigenvalue weighted by Crippen LogP contribution is 2.30. The Kier molecular flexibility index (Phi) is 3.69. The predicted molar refractivity (Wildman–Crippen MR) is 79.8 cm³/mol. The van der Waals surface area contributed by atoms with Gasteiger partial charge in [0.2, 0.25) is 0 Å². The highest BCUT2D eigenvalue weighted by Gasteiger charge is 2.27. The molecule has 0 bridgehead atoms. The van der Waals surface area contributed by atoms with E-state index in [2.05, 4.69) is 50.0 Å². The molecule has 0 saturated carbocycles. The predicted octanol–water partition coefficient (Wildman–Crippen LogP) is 2.63. The summed E-state index contributed by atoms with van der Waals surface area (Å²) >= 11 is 3.49. The highest BCUT2D eigenvalue weighted by atomic mass is 79.9. The maximum Gasteiger partial charge on any atom is 0.0367 e. The molecule has 2 fully saturated rings. The number of hydrogen-bond donors (Lipinski definition) is 0. The monoisotopic (exact) mass is 312 g/mol. The first-order valence-corrected chi connectivity index (χ1v) is 8.49. The van der Waals surface area contributed by atoms with Crippen LogP contribution >= 0.6 is 24.5 Å². The molecule has 0 atom stereocenters. The van der Waals surface area contributed by atoms with Gasteiger partial charge in [-0.1, -0.05) is 15.9 Å². The summed E-state index contributed by atoms with van der Waals surface area (Å²) in [4.78, 5) is 5.19. The van der Waals surface area contributed by atoms with Crippen molar-refractivity contribution in [3.8, 4) is 0 Å². The first kappa shape index (κ1) is 12.0. The average molecular weight is 313 g/mol. The van der Waals surface area contributed by atoms with Crippen molar-refractivity contribution in [1.29, 1.82) is 0 Å². The van der Waals surface area contributed by atoms with Crippen LogP contribution in [0.25, 0.3) is 0 Å². The molecule has 0 aromatic heterocycles. The van der Waals surface area contributed by atoms with E-state index in [-0.39, 0.29) is 0 Å². The molecule has 0 radical (unpaired) electrons. The average Bonchev–Trinajstić information content (AvgIpc) is 2.29. The lowest BCUT2D eigenvalue weighted by Gasteiger charge is -2.43. The van der Waals surface area contributed by atoms with E-state index in [1.54, 1.807) is 0 Å². The largest absolute Gasteiger partial charge is 0.369 e. The molecule has 2 nitrogen and oxygen atoms in total. The molecule has 17 heavy (non-hydrogen) atoms. The van der Waals surface area contributed by atoms with Gasteiger partial charge in [-0.25, -0.2) is 0 Å². The van der Waals surface area contributed by atoms with Crippen molar-refractivity contribution in [3.05, 3.63) is 28.7 Å². The quantitative estimate of drug-likeness (QED) is 0.775. The fourth-order valence-corrected chi connectivity index (χ4v) is 3.86. The molecule has 2 saturated heterocycles. The van der Waals surface area contributed by atoms with Crippen LogP contribution in [0.5, 0.6) is 0 Å². The van der Waals surface area contributed by atoms with Crippen LogP contribution in [0.4, 0.5) is 5.69 Å². The Morgan fingerprint density at radius 3 is 2.18 bits per heavy atom. The third-order valence-corrected chi connectivity index (χ3v) is 5.83. The van der Waals surface area contributed by atoms with Gasteiger partial charge in [0.15, 0.2) is 0 Å². The van der Waals surface area contributed by atoms with Crippen molar-refractivity contribution in [2.45, 2.75) is 6.04 Å². The van der Waals surface area contributed by atoms with E-state index in [0.29, 0.717) is 0 Å². The first-order valence-electron chi connectivity index (χ1n) is 6.28. The van der Waals surface area contributed by atoms with Crippen LogP contribution in [0.1, 0.15) is 0 Å². The summed E-state index contributed by atoms with van der Waals surface area (Å²) in [7, 11) is 1.23. The molecule has 0 aliphatic carbocycles. The molecular weight excluding hydrogens is 295 g/mol. The Morgan fingerprint density at radius 2 is 1.65 bits per heavy atom. The number of nitrogens with zero attached hydrogens (tertiary/aromatic N) is 2. The smallest absolute Gasteiger partial charge is 0.0367 e. The third kappa shape index (κ3) is 2.67. The summed E-state index contributed by atoms with van der Waals surface area (Å²) in [5.41, 5.74) is 1.36. The molecule has 2 aliphatic heterocycles. The number of piperazine rings is 1. The Labute approximate surface area is 113 Å². The minimum Gasteiger partial charge on any atom is -0.369 e. The summed E-state index contributed by atoms with van der Waals surface area (Å²) < 4.78 is 1.16. The Balaban J connectivity index is 1.58.